The highest BCUT2D eigenvalue weighted by Gasteiger charge is 2.00. The van der Waals surface area contributed by atoms with E-state index in [0.29, 0.717) is 5.92 Å². The summed E-state index contributed by atoms with van der Waals surface area (Å²) in [6, 6.07) is 0. The smallest absolute Gasteiger partial charge is 0.130 e. The molecule has 1 N–H and O–H groups in total. The van der Waals surface area contributed by atoms with Crippen molar-refractivity contribution in [3.8, 4) is 0 Å². The van der Waals surface area contributed by atoms with E-state index in [-0.39, 0.29) is 0 Å². The Balaban J connectivity index is 2.83. The van der Waals surface area contributed by atoms with Gasteiger partial charge in [0.15, 0.2) is 0 Å². The van der Waals surface area contributed by atoms with E-state index in [9.17, 15) is 0 Å². The molecule has 3 heteroatoms. The highest BCUT2D eigenvalue weighted by Crippen LogP contribution is 2.09. The van der Waals surface area contributed by atoms with Crippen LogP contribution in [0.1, 0.15) is 25.6 Å². The average molecular weight is 151 g/mol. The van der Waals surface area contributed by atoms with Crippen LogP contribution in [0.2, 0.25) is 0 Å². The second-order valence-electron chi connectivity index (χ2n) is 2.73. The van der Waals surface area contributed by atoms with Crippen molar-refractivity contribution in [3.63, 3.8) is 0 Å². The van der Waals surface area contributed by atoms with Crippen LogP contribution < -0.4 is 5.32 Å². The molecule has 0 saturated heterocycles. The van der Waals surface area contributed by atoms with E-state index >= 15 is 0 Å². The minimum absolute atomic E-state index is 0.404. The Labute approximate surface area is 66.9 Å². The largest absolute Gasteiger partial charge is 0.386 e. The SMILES string of the molecule is CNc1cnc(C(C)C)nc1. The molecule has 0 aliphatic rings. The molecule has 0 atom stereocenters. The molecule has 0 fully saturated rings. The van der Waals surface area contributed by atoms with Gasteiger partial charge in [-0.15, -0.1) is 0 Å². The van der Waals surface area contributed by atoms with E-state index in [1.54, 1.807) is 12.4 Å². The maximum Gasteiger partial charge on any atom is 0.130 e. The topological polar surface area (TPSA) is 37.8 Å². The molecule has 0 aliphatic heterocycles. The highest BCUT2D eigenvalue weighted by molar-refractivity contribution is 5.36. The standard InChI is InChI=1S/C8H13N3/c1-6(2)8-10-4-7(9-3)5-11-8/h4-6,9H,1-3H3. The lowest BCUT2D eigenvalue weighted by Gasteiger charge is -2.03. The molecule has 0 bridgehead atoms. The summed E-state index contributed by atoms with van der Waals surface area (Å²) in [7, 11) is 1.85. The molecule has 0 spiro atoms. The first kappa shape index (κ1) is 7.98. The summed E-state index contributed by atoms with van der Waals surface area (Å²) < 4.78 is 0. The normalized spacial score (nSPS) is 10.2. The zero-order chi connectivity index (χ0) is 8.27. The third-order valence-electron chi connectivity index (χ3n) is 1.48. The molecule has 1 rings (SSSR count). The van der Waals surface area contributed by atoms with Gasteiger partial charge in [-0.25, -0.2) is 9.97 Å². The predicted molar refractivity (Wildman–Crippen MR) is 45.7 cm³/mol. The van der Waals surface area contributed by atoms with Gasteiger partial charge in [0.1, 0.15) is 5.82 Å². The number of aromatic nitrogens is 2. The summed E-state index contributed by atoms with van der Waals surface area (Å²) in [5.74, 6) is 1.30. The minimum Gasteiger partial charge on any atom is -0.386 e. The maximum absolute atomic E-state index is 4.18. The predicted octanol–water partition coefficient (Wildman–Crippen LogP) is 1.64. The quantitative estimate of drug-likeness (QED) is 0.698. The molecular weight excluding hydrogens is 138 g/mol. The van der Waals surface area contributed by atoms with E-state index in [4.69, 9.17) is 0 Å². The third kappa shape index (κ3) is 1.90. The fourth-order valence-electron chi connectivity index (χ4n) is 0.765. The average Bonchev–Trinajstić information content (AvgIpc) is 2.05. The zero-order valence-electron chi connectivity index (χ0n) is 7.13. The van der Waals surface area contributed by atoms with Crippen molar-refractivity contribution < 1.29 is 0 Å². The molecule has 0 saturated carbocycles. The first-order chi connectivity index (χ1) is 5.24. The molecule has 1 aromatic heterocycles. The molecule has 0 amide bonds. The molecule has 1 aromatic rings. The van der Waals surface area contributed by atoms with Gasteiger partial charge in [-0.2, -0.15) is 0 Å². The Hall–Kier alpha value is -1.12. The zero-order valence-corrected chi connectivity index (χ0v) is 7.13. The Morgan fingerprint density at radius 1 is 1.27 bits per heavy atom. The first-order valence-corrected chi connectivity index (χ1v) is 3.73. The Morgan fingerprint density at radius 3 is 2.18 bits per heavy atom. The van der Waals surface area contributed by atoms with Gasteiger partial charge in [0.2, 0.25) is 0 Å². The van der Waals surface area contributed by atoms with Crippen LogP contribution in [-0.2, 0) is 0 Å². The van der Waals surface area contributed by atoms with Gasteiger partial charge in [-0.05, 0) is 0 Å². The second-order valence-corrected chi connectivity index (χ2v) is 2.73. The Kier molecular flexibility index (Phi) is 2.41. The number of nitrogens with one attached hydrogen (secondary N) is 1. The summed E-state index contributed by atoms with van der Waals surface area (Å²) in [6.45, 7) is 4.16. The lowest BCUT2D eigenvalue weighted by atomic mass is 10.2. The minimum atomic E-state index is 0.404. The van der Waals surface area contributed by atoms with Crippen molar-refractivity contribution >= 4 is 5.69 Å². The molecule has 0 aliphatic carbocycles. The molecule has 11 heavy (non-hydrogen) atoms. The van der Waals surface area contributed by atoms with Crippen LogP contribution in [-0.4, -0.2) is 17.0 Å². The van der Waals surface area contributed by atoms with Crippen LogP contribution >= 0.6 is 0 Å². The molecule has 3 nitrogen and oxygen atoms in total. The fourth-order valence-corrected chi connectivity index (χ4v) is 0.765. The van der Waals surface area contributed by atoms with Crippen molar-refractivity contribution in [2.24, 2.45) is 0 Å². The molecular formula is C8H13N3. The van der Waals surface area contributed by atoms with Gasteiger partial charge in [0.25, 0.3) is 0 Å². The summed E-state index contributed by atoms with van der Waals surface area (Å²) in [4.78, 5) is 8.35. The molecule has 0 unspecified atom stereocenters. The molecule has 0 radical (unpaired) electrons. The van der Waals surface area contributed by atoms with Crippen LogP contribution in [0.4, 0.5) is 5.69 Å². The van der Waals surface area contributed by atoms with Crippen LogP contribution in [0.3, 0.4) is 0 Å². The summed E-state index contributed by atoms with van der Waals surface area (Å²) in [5.41, 5.74) is 0.953. The van der Waals surface area contributed by atoms with Gasteiger partial charge in [0, 0.05) is 13.0 Å². The van der Waals surface area contributed by atoms with Gasteiger partial charge >= 0.3 is 0 Å². The monoisotopic (exact) mass is 151 g/mol. The van der Waals surface area contributed by atoms with Gasteiger partial charge < -0.3 is 5.32 Å². The van der Waals surface area contributed by atoms with E-state index < -0.39 is 0 Å². The second kappa shape index (κ2) is 3.32. The number of rotatable bonds is 2. The van der Waals surface area contributed by atoms with E-state index in [2.05, 4.69) is 29.1 Å². The molecule has 0 aromatic carbocycles. The lowest BCUT2D eigenvalue weighted by Crippen LogP contribution is -1.98. The molecule has 60 valence electrons. The summed E-state index contributed by atoms with van der Waals surface area (Å²) in [6.07, 6.45) is 3.59. The number of nitrogens with zero attached hydrogens (tertiary/aromatic N) is 2. The Bertz CT molecular complexity index is 215. The lowest BCUT2D eigenvalue weighted by molar-refractivity contribution is 0.774. The van der Waals surface area contributed by atoms with Crippen molar-refractivity contribution in [3.05, 3.63) is 18.2 Å². The number of hydrogen-bond acceptors (Lipinski definition) is 3. The number of anilines is 1. The van der Waals surface area contributed by atoms with Gasteiger partial charge in [-0.1, -0.05) is 13.8 Å². The van der Waals surface area contributed by atoms with Crippen molar-refractivity contribution in [1.29, 1.82) is 0 Å². The summed E-state index contributed by atoms with van der Waals surface area (Å²) in [5, 5.41) is 2.97. The highest BCUT2D eigenvalue weighted by atomic mass is 14.9. The van der Waals surface area contributed by atoms with Crippen LogP contribution in [0, 0.1) is 0 Å². The maximum atomic E-state index is 4.18. The van der Waals surface area contributed by atoms with E-state index in [0.717, 1.165) is 11.5 Å². The van der Waals surface area contributed by atoms with Crippen LogP contribution in [0.5, 0.6) is 0 Å². The summed E-state index contributed by atoms with van der Waals surface area (Å²) >= 11 is 0. The number of hydrogen-bond donors (Lipinski definition) is 1. The van der Waals surface area contributed by atoms with Gasteiger partial charge in [-0.3, -0.25) is 0 Å². The van der Waals surface area contributed by atoms with E-state index in [1.165, 1.54) is 0 Å². The Morgan fingerprint density at radius 2 is 1.82 bits per heavy atom. The molecule has 1 heterocycles. The van der Waals surface area contributed by atoms with Crippen LogP contribution in [0.25, 0.3) is 0 Å². The van der Waals surface area contributed by atoms with Crippen molar-refractivity contribution in [2.75, 3.05) is 12.4 Å². The fraction of sp³-hybridized carbons (Fsp3) is 0.500. The first-order valence-electron chi connectivity index (χ1n) is 3.73. The van der Waals surface area contributed by atoms with Gasteiger partial charge in [0.05, 0.1) is 18.1 Å². The third-order valence-corrected chi connectivity index (χ3v) is 1.48. The van der Waals surface area contributed by atoms with Crippen molar-refractivity contribution in [1.82, 2.24) is 9.97 Å². The van der Waals surface area contributed by atoms with Crippen molar-refractivity contribution in [2.45, 2.75) is 19.8 Å². The van der Waals surface area contributed by atoms with Crippen LogP contribution in [0.15, 0.2) is 12.4 Å². The van der Waals surface area contributed by atoms with E-state index in [1.807, 2.05) is 7.05 Å².